The molecular formula is C22H31FN2O3. The molecule has 0 aromatic heterocycles. The molecule has 0 atom stereocenters. The van der Waals surface area contributed by atoms with Crippen molar-refractivity contribution in [1.82, 2.24) is 5.32 Å². The maximum Gasteiger partial charge on any atom is 0.226 e. The highest BCUT2D eigenvalue weighted by molar-refractivity contribution is 5.83. The Labute approximate surface area is 166 Å². The number of carbonyl (C=O) groups is 1. The summed E-state index contributed by atoms with van der Waals surface area (Å²) in [7, 11) is 0. The van der Waals surface area contributed by atoms with Gasteiger partial charge in [0.05, 0.1) is 6.33 Å². The number of carbonyl (C=O) groups excluding carboxylic acids is 1. The van der Waals surface area contributed by atoms with Gasteiger partial charge >= 0.3 is 0 Å². The minimum atomic E-state index is -0.225. The lowest BCUT2D eigenvalue weighted by molar-refractivity contribution is -0.137. The highest BCUT2D eigenvalue weighted by atomic mass is 19.1. The lowest BCUT2D eigenvalue weighted by Crippen LogP contribution is -2.51. The second-order valence-corrected chi connectivity index (χ2v) is 8.18. The van der Waals surface area contributed by atoms with E-state index in [-0.39, 0.29) is 36.5 Å². The van der Waals surface area contributed by atoms with Gasteiger partial charge in [-0.25, -0.2) is 4.39 Å². The number of nitrogens with one attached hydrogen (secondary N) is 1. The second-order valence-electron chi connectivity index (χ2n) is 8.18. The molecule has 0 radical (unpaired) electrons. The van der Waals surface area contributed by atoms with Gasteiger partial charge in [-0.2, -0.15) is 0 Å². The Morgan fingerprint density at radius 2 is 1.82 bits per heavy atom. The number of fused-ring (bicyclic) bond motifs is 3. The van der Waals surface area contributed by atoms with Gasteiger partial charge in [-0.05, 0) is 68.1 Å². The fourth-order valence-electron chi connectivity index (χ4n) is 4.64. The number of amides is 1. The van der Waals surface area contributed by atoms with E-state index in [0.29, 0.717) is 30.6 Å². The summed E-state index contributed by atoms with van der Waals surface area (Å²) in [5.74, 6) is 0.867. The van der Waals surface area contributed by atoms with Crippen LogP contribution in [-0.2, 0) is 10.2 Å². The summed E-state index contributed by atoms with van der Waals surface area (Å²) in [4.78, 5) is 12.7. The van der Waals surface area contributed by atoms with Gasteiger partial charge in [-0.1, -0.05) is 12.1 Å². The van der Waals surface area contributed by atoms with Gasteiger partial charge in [0.15, 0.2) is 0 Å². The van der Waals surface area contributed by atoms with Crippen LogP contribution < -0.4 is 15.8 Å². The third kappa shape index (κ3) is 4.23. The molecular weight excluding hydrogens is 359 g/mol. The molecule has 1 aromatic carbocycles. The van der Waals surface area contributed by atoms with Gasteiger partial charge in [-0.15, -0.1) is 0 Å². The molecule has 0 aliphatic heterocycles. The Morgan fingerprint density at radius 3 is 2.36 bits per heavy atom. The zero-order chi connectivity index (χ0) is 20.0. The first-order valence-electron chi connectivity index (χ1n) is 10.2. The van der Waals surface area contributed by atoms with Crippen LogP contribution in [0.15, 0.2) is 36.2 Å². The van der Waals surface area contributed by atoms with Crippen LogP contribution in [0.25, 0.3) is 0 Å². The van der Waals surface area contributed by atoms with Crippen molar-refractivity contribution in [3.05, 3.63) is 41.7 Å². The van der Waals surface area contributed by atoms with E-state index in [2.05, 4.69) is 17.4 Å². The largest absolute Gasteiger partial charge is 0.489 e. The van der Waals surface area contributed by atoms with E-state index in [1.807, 2.05) is 12.1 Å². The third-order valence-corrected chi connectivity index (χ3v) is 6.66. The summed E-state index contributed by atoms with van der Waals surface area (Å²) in [5.41, 5.74) is 7.09. The smallest absolute Gasteiger partial charge is 0.226 e. The van der Waals surface area contributed by atoms with Crippen LogP contribution in [0.4, 0.5) is 4.39 Å². The minimum absolute atomic E-state index is 0.105. The lowest BCUT2D eigenvalue weighted by atomic mass is 9.51. The molecule has 6 heteroatoms. The Kier molecular flexibility index (Phi) is 6.73. The fourth-order valence-corrected chi connectivity index (χ4v) is 4.64. The summed E-state index contributed by atoms with van der Waals surface area (Å²) in [5, 5.41) is 11.9. The molecule has 1 aromatic rings. The molecule has 0 spiro atoms. The van der Waals surface area contributed by atoms with E-state index < -0.39 is 0 Å². The summed E-state index contributed by atoms with van der Waals surface area (Å²) in [6.45, 7) is 0.958. The third-order valence-electron chi connectivity index (χ3n) is 6.66. The second kappa shape index (κ2) is 9.05. The summed E-state index contributed by atoms with van der Waals surface area (Å²) < 4.78 is 18.2. The van der Waals surface area contributed by atoms with Crippen LogP contribution in [-0.4, -0.2) is 37.3 Å². The predicted octanol–water partition coefficient (Wildman–Crippen LogP) is 2.97. The van der Waals surface area contributed by atoms with Crippen molar-refractivity contribution in [2.24, 2.45) is 11.1 Å². The number of benzene rings is 1. The lowest BCUT2D eigenvalue weighted by Gasteiger charge is -2.52. The molecule has 3 saturated carbocycles. The van der Waals surface area contributed by atoms with E-state index in [9.17, 15) is 9.18 Å². The number of nitrogens with two attached hydrogens (primary N) is 1. The van der Waals surface area contributed by atoms with Crippen LogP contribution in [0.1, 0.15) is 50.5 Å². The number of hydrogen-bond acceptors (Lipinski definition) is 4. The van der Waals surface area contributed by atoms with E-state index >= 15 is 0 Å². The van der Waals surface area contributed by atoms with Crippen molar-refractivity contribution in [2.45, 2.75) is 50.4 Å². The Bertz CT molecular complexity index is 678. The molecule has 154 valence electrons. The fraction of sp³-hybridized carbons (Fsp3) is 0.591. The number of rotatable bonds is 9. The Hall–Kier alpha value is -1.92. The monoisotopic (exact) mass is 390 g/mol. The first-order valence-corrected chi connectivity index (χ1v) is 10.2. The number of hydrogen-bond donors (Lipinski definition) is 3. The first kappa shape index (κ1) is 20.8. The molecule has 0 unspecified atom stereocenters. The predicted molar refractivity (Wildman–Crippen MR) is 107 cm³/mol. The minimum Gasteiger partial charge on any atom is -0.489 e. The van der Waals surface area contributed by atoms with Gasteiger partial charge in [0, 0.05) is 30.7 Å². The van der Waals surface area contributed by atoms with Crippen molar-refractivity contribution >= 4 is 5.91 Å². The highest BCUT2D eigenvalue weighted by Gasteiger charge is 2.52. The normalized spacial score (nSPS) is 26.9. The average molecular weight is 390 g/mol. The zero-order valence-corrected chi connectivity index (χ0v) is 16.4. The Morgan fingerprint density at radius 1 is 1.18 bits per heavy atom. The van der Waals surface area contributed by atoms with Crippen LogP contribution in [0, 0.1) is 5.41 Å². The molecule has 0 saturated heterocycles. The number of aliphatic hydroxyl groups is 1. The van der Waals surface area contributed by atoms with Gasteiger partial charge in [0.2, 0.25) is 5.91 Å². The zero-order valence-electron chi connectivity index (χ0n) is 16.4. The Balaban J connectivity index is 1.60. The van der Waals surface area contributed by atoms with E-state index in [1.165, 1.54) is 5.56 Å². The maximum atomic E-state index is 12.7. The van der Waals surface area contributed by atoms with Gasteiger partial charge in [0.25, 0.3) is 0 Å². The van der Waals surface area contributed by atoms with Crippen LogP contribution >= 0.6 is 0 Å². The molecule has 3 aliphatic carbocycles. The van der Waals surface area contributed by atoms with Crippen LogP contribution in [0.2, 0.25) is 0 Å². The molecule has 2 bridgehead atoms. The molecule has 1 amide bonds. The van der Waals surface area contributed by atoms with Crippen LogP contribution in [0.5, 0.6) is 5.75 Å². The van der Waals surface area contributed by atoms with Crippen molar-refractivity contribution in [1.29, 1.82) is 0 Å². The quantitative estimate of drug-likeness (QED) is 0.566. The molecule has 28 heavy (non-hydrogen) atoms. The van der Waals surface area contributed by atoms with Gasteiger partial charge in [-0.3, -0.25) is 4.79 Å². The standard InChI is InChI=1S/C22H31FN2O3/c23-14-17(15-24)16-28-19-4-2-18(3-5-19)21-6-9-22(10-7-21,11-8-21)20(27)25-12-1-13-26/h2-5,14,26H,1,6-13,15-16,24H2,(H,25,27)/b17-14+. The summed E-state index contributed by atoms with van der Waals surface area (Å²) >= 11 is 0. The number of halogens is 1. The highest BCUT2D eigenvalue weighted by Crippen LogP contribution is 2.57. The topological polar surface area (TPSA) is 84.6 Å². The molecule has 3 aliphatic rings. The SMILES string of the molecule is NC/C(=C\F)COc1ccc(C23CCC(C(=O)NCCCO)(CC2)CC3)cc1. The van der Waals surface area contributed by atoms with E-state index in [4.69, 9.17) is 15.6 Å². The summed E-state index contributed by atoms with van der Waals surface area (Å²) in [6.07, 6.45) is 6.90. The maximum absolute atomic E-state index is 12.7. The van der Waals surface area contributed by atoms with E-state index in [0.717, 1.165) is 38.5 Å². The summed E-state index contributed by atoms with van der Waals surface area (Å²) in [6, 6.07) is 8.09. The van der Waals surface area contributed by atoms with Crippen molar-refractivity contribution < 1.29 is 19.0 Å². The van der Waals surface area contributed by atoms with Crippen LogP contribution in [0.3, 0.4) is 0 Å². The number of aliphatic hydroxyl groups excluding tert-OH is 1. The van der Waals surface area contributed by atoms with Gasteiger partial charge in [0.1, 0.15) is 12.4 Å². The van der Waals surface area contributed by atoms with Crippen molar-refractivity contribution in [3.8, 4) is 5.75 Å². The van der Waals surface area contributed by atoms with Crippen molar-refractivity contribution in [3.63, 3.8) is 0 Å². The molecule has 0 heterocycles. The molecule has 4 rings (SSSR count). The molecule has 5 nitrogen and oxygen atoms in total. The molecule has 4 N–H and O–H groups in total. The average Bonchev–Trinajstić information content (AvgIpc) is 2.76. The van der Waals surface area contributed by atoms with Crippen molar-refractivity contribution in [2.75, 3.05) is 26.3 Å². The first-order chi connectivity index (χ1) is 13.6. The van der Waals surface area contributed by atoms with E-state index in [1.54, 1.807) is 0 Å². The van der Waals surface area contributed by atoms with Gasteiger partial charge < -0.3 is 20.9 Å². The molecule has 3 fully saturated rings. The number of ether oxygens (including phenoxy) is 1.